The van der Waals surface area contributed by atoms with Crippen LogP contribution in [0.25, 0.3) is 11.4 Å². The van der Waals surface area contributed by atoms with Gasteiger partial charge in [0, 0.05) is 23.9 Å². The molecule has 1 aromatic heterocycles. The van der Waals surface area contributed by atoms with Crippen molar-refractivity contribution >= 4 is 29.3 Å². The van der Waals surface area contributed by atoms with E-state index in [1.807, 2.05) is 54.1 Å². The maximum absolute atomic E-state index is 12.3. The number of rotatable bonds is 7. The number of carbonyl (C=O) groups is 2. The third kappa shape index (κ3) is 5.56. The van der Waals surface area contributed by atoms with Crippen LogP contribution in [0.2, 0.25) is 0 Å². The third-order valence-corrected chi connectivity index (χ3v) is 6.44. The van der Waals surface area contributed by atoms with Crippen molar-refractivity contribution in [1.29, 1.82) is 0 Å². The van der Waals surface area contributed by atoms with Gasteiger partial charge in [-0.3, -0.25) is 9.59 Å². The molecule has 0 unspecified atom stereocenters. The molecule has 8 heteroatoms. The number of nitrogens with zero attached hydrogens (tertiary/aromatic N) is 3. The summed E-state index contributed by atoms with van der Waals surface area (Å²) in [6.45, 7) is 0. The predicted octanol–water partition coefficient (Wildman–Crippen LogP) is 4.70. The summed E-state index contributed by atoms with van der Waals surface area (Å²) in [6, 6.07) is 16.5. The van der Waals surface area contributed by atoms with Crippen LogP contribution in [-0.2, 0) is 16.6 Å². The van der Waals surface area contributed by atoms with E-state index in [4.69, 9.17) is 4.74 Å². The van der Waals surface area contributed by atoms with Crippen LogP contribution in [-0.4, -0.2) is 38.5 Å². The van der Waals surface area contributed by atoms with E-state index >= 15 is 0 Å². The van der Waals surface area contributed by atoms with E-state index in [1.165, 1.54) is 18.2 Å². The Labute approximate surface area is 191 Å². The van der Waals surface area contributed by atoms with Crippen LogP contribution < -0.4 is 5.32 Å². The van der Waals surface area contributed by atoms with E-state index in [-0.39, 0.29) is 23.7 Å². The SMILES string of the molecule is Cn1c(SCC(=O)OC2CCCCC2)nnc1-c1ccc(NC(=O)c2ccccc2)cc1. The molecule has 4 rings (SSSR count). The Morgan fingerprint density at radius 2 is 1.75 bits per heavy atom. The lowest BCUT2D eigenvalue weighted by molar-refractivity contribution is -0.147. The Kier molecular flexibility index (Phi) is 7.21. The quantitative estimate of drug-likeness (QED) is 0.415. The highest BCUT2D eigenvalue weighted by molar-refractivity contribution is 7.99. The molecule has 166 valence electrons. The minimum Gasteiger partial charge on any atom is -0.462 e. The molecule has 1 N–H and O–H groups in total. The molecule has 1 aliphatic rings. The molecular formula is C24H26N4O3S. The normalized spacial score (nSPS) is 14.2. The van der Waals surface area contributed by atoms with Crippen molar-refractivity contribution < 1.29 is 14.3 Å². The number of hydrogen-bond acceptors (Lipinski definition) is 6. The summed E-state index contributed by atoms with van der Waals surface area (Å²) in [5.74, 6) is 0.544. The van der Waals surface area contributed by atoms with Gasteiger partial charge in [-0.05, 0) is 62.1 Å². The molecule has 32 heavy (non-hydrogen) atoms. The average molecular weight is 451 g/mol. The minimum absolute atomic E-state index is 0.0628. The summed E-state index contributed by atoms with van der Waals surface area (Å²) >= 11 is 1.33. The van der Waals surface area contributed by atoms with Gasteiger partial charge in [-0.25, -0.2) is 0 Å². The molecule has 0 atom stereocenters. The van der Waals surface area contributed by atoms with Crippen LogP contribution in [0.5, 0.6) is 0 Å². The zero-order chi connectivity index (χ0) is 22.3. The molecular weight excluding hydrogens is 424 g/mol. The summed E-state index contributed by atoms with van der Waals surface area (Å²) in [6.07, 6.45) is 5.48. The maximum Gasteiger partial charge on any atom is 0.316 e. The van der Waals surface area contributed by atoms with Gasteiger partial charge in [0.15, 0.2) is 11.0 Å². The second-order valence-electron chi connectivity index (χ2n) is 7.80. The molecule has 7 nitrogen and oxygen atoms in total. The number of ether oxygens (including phenoxy) is 1. The largest absolute Gasteiger partial charge is 0.462 e. The fourth-order valence-corrected chi connectivity index (χ4v) is 4.41. The van der Waals surface area contributed by atoms with Crippen molar-refractivity contribution in [2.24, 2.45) is 7.05 Å². The summed E-state index contributed by atoms with van der Waals surface area (Å²) in [7, 11) is 1.87. The van der Waals surface area contributed by atoms with Crippen molar-refractivity contribution in [3.05, 3.63) is 60.2 Å². The first kappa shape index (κ1) is 22.1. The van der Waals surface area contributed by atoms with Crippen LogP contribution in [0.1, 0.15) is 42.5 Å². The molecule has 0 bridgehead atoms. The smallest absolute Gasteiger partial charge is 0.316 e. The second kappa shape index (κ2) is 10.5. The Hall–Kier alpha value is -3.13. The number of thioether (sulfide) groups is 1. The lowest BCUT2D eigenvalue weighted by Gasteiger charge is -2.21. The number of nitrogens with one attached hydrogen (secondary N) is 1. The van der Waals surface area contributed by atoms with Crippen molar-refractivity contribution in [3.8, 4) is 11.4 Å². The minimum atomic E-state index is -0.204. The van der Waals surface area contributed by atoms with Crippen LogP contribution in [0.4, 0.5) is 5.69 Å². The van der Waals surface area contributed by atoms with Crippen molar-refractivity contribution in [2.45, 2.75) is 43.4 Å². The van der Waals surface area contributed by atoms with Crippen molar-refractivity contribution in [2.75, 3.05) is 11.1 Å². The molecule has 0 radical (unpaired) electrons. The molecule has 0 aliphatic heterocycles. The Morgan fingerprint density at radius 1 is 1.03 bits per heavy atom. The van der Waals surface area contributed by atoms with E-state index in [2.05, 4.69) is 15.5 Å². The zero-order valence-electron chi connectivity index (χ0n) is 18.0. The molecule has 1 saturated carbocycles. The van der Waals surface area contributed by atoms with E-state index in [9.17, 15) is 9.59 Å². The standard InChI is InChI=1S/C24H26N4O3S/c1-28-22(26-27-24(28)32-16-21(29)31-20-10-6-3-7-11-20)17-12-14-19(15-13-17)25-23(30)18-8-4-2-5-9-18/h2,4-5,8-9,12-15,20H,3,6-7,10-11,16H2,1H3,(H,25,30). The lowest BCUT2D eigenvalue weighted by atomic mass is 9.98. The van der Waals surface area contributed by atoms with Crippen molar-refractivity contribution in [1.82, 2.24) is 14.8 Å². The Bertz CT molecular complexity index is 1060. The van der Waals surface area contributed by atoms with Gasteiger partial charge < -0.3 is 14.6 Å². The Balaban J connectivity index is 1.34. The highest BCUT2D eigenvalue weighted by Gasteiger charge is 2.19. The van der Waals surface area contributed by atoms with Gasteiger partial charge in [0.1, 0.15) is 6.10 Å². The number of carbonyl (C=O) groups excluding carboxylic acids is 2. The second-order valence-corrected chi connectivity index (χ2v) is 8.74. The summed E-state index contributed by atoms with van der Waals surface area (Å²) in [5, 5.41) is 12.0. The number of hydrogen-bond donors (Lipinski definition) is 1. The highest BCUT2D eigenvalue weighted by atomic mass is 32.2. The van der Waals surface area contributed by atoms with Gasteiger partial charge in [-0.15, -0.1) is 10.2 Å². The molecule has 1 heterocycles. The van der Waals surface area contributed by atoms with Gasteiger partial charge in [-0.2, -0.15) is 0 Å². The van der Waals surface area contributed by atoms with Gasteiger partial charge in [-0.1, -0.05) is 36.4 Å². The number of esters is 1. The number of benzene rings is 2. The highest BCUT2D eigenvalue weighted by Crippen LogP contribution is 2.25. The summed E-state index contributed by atoms with van der Waals surface area (Å²) < 4.78 is 7.43. The lowest BCUT2D eigenvalue weighted by Crippen LogP contribution is -2.22. The topological polar surface area (TPSA) is 86.1 Å². The Morgan fingerprint density at radius 3 is 2.47 bits per heavy atom. The van der Waals surface area contributed by atoms with Crippen LogP contribution in [0, 0.1) is 0 Å². The summed E-state index contributed by atoms with van der Waals surface area (Å²) in [5.41, 5.74) is 2.17. The van der Waals surface area contributed by atoms with Gasteiger partial charge in [0.2, 0.25) is 0 Å². The monoisotopic (exact) mass is 450 g/mol. The maximum atomic E-state index is 12.3. The first-order chi connectivity index (χ1) is 15.6. The predicted molar refractivity (Wildman–Crippen MR) is 125 cm³/mol. The fraction of sp³-hybridized carbons (Fsp3) is 0.333. The van der Waals surface area contributed by atoms with Crippen LogP contribution in [0.3, 0.4) is 0 Å². The third-order valence-electron chi connectivity index (χ3n) is 5.44. The molecule has 1 amide bonds. The number of aromatic nitrogens is 3. The number of anilines is 1. The first-order valence-electron chi connectivity index (χ1n) is 10.8. The van der Waals surface area contributed by atoms with Gasteiger partial charge in [0.05, 0.1) is 5.75 Å². The van der Waals surface area contributed by atoms with Crippen LogP contribution >= 0.6 is 11.8 Å². The summed E-state index contributed by atoms with van der Waals surface area (Å²) in [4.78, 5) is 24.5. The fourth-order valence-electron chi connectivity index (χ4n) is 3.71. The van der Waals surface area contributed by atoms with E-state index in [0.29, 0.717) is 22.2 Å². The molecule has 0 saturated heterocycles. The van der Waals surface area contributed by atoms with Crippen LogP contribution in [0.15, 0.2) is 59.8 Å². The average Bonchev–Trinajstić information content (AvgIpc) is 3.19. The first-order valence-corrected chi connectivity index (χ1v) is 11.8. The van der Waals surface area contributed by atoms with Gasteiger partial charge in [0.25, 0.3) is 5.91 Å². The molecule has 1 fully saturated rings. The van der Waals surface area contributed by atoms with Gasteiger partial charge >= 0.3 is 5.97 Å². The van der Waals surface area contributed by atoms with E-state index in [1.54, 1.807) is 12.1 Å². The van der Waals surface area contributed by atoms with E-state index in [0.717, 1.165) is 31.2 Å². The molecule has 1 aliphatic carbocycles. The zero-order valence-corrected chi connectivity index (χ0v) is 18.8. The van der Waals surface area contributed by atoms with Crippen molar-refractivity contribution in [3.63, 3.8) is 0 Å². The molecule has 3 aromatic rings. The molecule has 2 aromatic carbocycles. The molecule has 0 spiro atoms. The number of amides is 1. The van der Waals surface area contributed by atoms with E-state index < -0.39 is 0 Å².